The molecular formula is C21H31N5O4S2. The number of urea groups is 1. The van der Waals surface area contributed by atoms with Gasteiger partial charge in [-0.3, -0.25) is 14.4 Å². The van der Waals surface area contributed by atoms with E-state index >= 15 is 0 Å². The molecule has 0 saturated carbocycles. The molecule has 1 aromatic rings. The van der Waals surface area contributed by atoms with E-state index in [4.69, 9.17) is 5.73 Å². The molecule has 5 N–H and O–H groups in total. The molecule has 5 amide bonds. The fraction of sp³-hybridized carbons (Fsp3) is 0.524. The molecule has 1 fully saturated rings. The fourth-order valence-corrected chi connectivity index (χ4v) is 4.47. The Morgan fingerprint density at radius 2 is 1.94 bits per heavy atom. The zero-order valence-electron chi connectivity index (χ0n) is 18.7. The van der Waals surface area contributed by atoms with Gasteiger partial charge in [-0.15, -0.1) is 11.8 Å². The normalized spacial score (nSPS) is 18.8. The molecule has 0 bridgehead atoms. The number of likely N-dealkylation sites (tertiary alicyclic amines) is 1. The smallest absolute Gasteiger partial charge is 0.319 e. The zero-order chi connectivity index (χ0) is 23.8. The molecular weight excluding hydrogens is 450 g/mol. The molecule has 1 aliphatic heterocycles. The second-order valence-corrected chi connectivity index (χ2v) is 9.57. The first-order valence-corrected chi connectivity index (χ1v) is 12.9. The maximum Gasteiger partial charge on any atom is 0.319 e. The lowest BCUT2D eigenvalue weighted by molar-refractivity contribution is -0.138. The molecule has 0 aliphatic carbocycles. The van der Waals surface area contributed by atoms with Crippen LogP contribution in [0.1, 0.15) is 20.3 Å². The first kappa shape index (κ1) is 25.9. The van der Waals surface area contributed by atoms with Gasteiger partial charge in [0.15, 0.2) is 0 Å². The largest absolute Gasteiger partial charge is 0.368 e. The molecule has 0 spiro atoms. The number of rotatable bonds is 9. The number of nitrogens with zero attached hydrogens (tertiary/aromatic N) is 1. The van der Waals surface area contributed by atoms with Crippen molar-refractivity contribution in [1.82, 2.24) is 15.5 Å². The molecule has 9 nitrogen and oxygen atoms in total. The van der Waals surface area contributed by atoms with Crippen molar-refractivity contribution < 1.29 is 19.2 Å². The van der Waals surface area contributed by atoms with Crippen LogP contribution < -0.4 is 21.7 Å². The van der Waals surface area contributed by atoms with Crippen LogP contribution in [-0.4, -0.2) is 71.6 Å². The van der Waals surface area contributed by atoms with Gasteiger partial charge in [0.1, 0.15) is 12.1 Å². The highest BCUT2D eigenvalue weighted by atomic mass is 32.2. The quantitative estimate of drug-likeness (QED) is 0.395. The molecule has 32 heavy (non-hydrogen) atoms. The standard InChI is InChI=1S/C21H31N5O4S2/c1-12(2)17(19(22)28)25-20(29)18-15(8-9-26(18)16(27)11-31-3)24-21(30)23-13-6-5-7-14(10-13)32-4/h5-7,10,12,15,17-18H,8-9,11H2,1-4H3,(H2,22,28)(H,25,29)(H2,23,24,30). The van der Waals surface area contributed by atoms with Crippen molar-refractivity contribution in [3.8, 4) is 0 Å². The molecule has 3 unspecified atom stereocenters. The van der Waals surface area contributed by atoms with Crippen molar-refractivity contribution in [3.05, 3.63) is 24.3 Å². The number of carbonyl (C=O) groups excluding carboxylic acids is 4. The first-order valence-electron chi connectivity index (χ1n) is 10.3. The Balaban J connectivity index is 2.17. The third-order valence-corrected chi connectivity index (χ3v) is 6.43. The lowest BCUT2D eigenvalue weighted by atomic mass is 10.0. The van der Waals surface area contributed by atoms with Gasteiger partial charge in [-0.2, -0.15) is 11.8 Å². The van der Waals surface area contributed by atoms with E-state index in [0.29, 0.717) is 18.7 Å². The van der Waals surface area contributed by atoms with Gasteiger partial charge in [-0.25, -0.2) is 4.79 Å². The van der Waals surface area contributed by atoms with E-state index in [1.54, 1.807) is 37.9 Å². The monoisotopic (exact) mass is 481 g/mol. The molecule has 1 saturated heterocycles. The van der Waals surface area contributed by atoms with E-state index in [9.17, 15) is 19.2 Å². The molecule has 3 atom stereocenters. The number of anilines is 1. The van der Waals surface area contributed by atoms with Crippen LogP contribution >= 0.6 is 23.5 Å². The summed E-state index contributed by atoms with van der Waals surface area (Å²) in [7, 11) is 0. The Bertz CT molecular complexity index is 851. The predicted molar refractivity (Wildman–Crippen MR) is 129 cm³/mol. The van der Waals surface area contributed by atoms with Crippen LogP contribution in [0.25, 0.3) is 0 Å². The summed E-state index contributed by atoms with van der Waals surface area (Å²) in [4.78, 5) is 52.6. The third kappa shape index (κ3) is 6.80. The molecule has 1 aliphatic rings. The van der Waals surface area contributed by atoms with E-state index in [-0.39, 0.29) is 17.6 Å². The summed E-state index contributed by atoms with van der Waals surface area (Å²) in [6, 6.07) is 4.51. The van der Waals surface area contributed by atoms with Crippen molar-refractivity contribution in [2.45, 2.75) is 43.3 Å². The Hall–Kier alpha value is -2.40. The summed E-state index contributed by atoms with van der Waals surface area (Å²) in [6.45, 7) is 3.87. The summed E-state index contributed by atoms with van der Waals surface area (Å²) >= 11 is 2.91. The van der Waals surface area contributed by atoms with Gasteiger partial charge in [0, 0.05) is 17.1 Å². The second kappa shape index (κ2) is 12.0. The van der Waals surface area contributed by atoms with Gasteiger partial charge < -0.3 is 26.6 Å². The number of carbonyl (C=O) groups is 4. The number of thioether (sulfide) groups is 2. The minimum atomic E-state index is -0.932. The summed E-state index contributed by atoms with van der Waals surface area (Å²) in [5.74, 6) is -1.36. The molecule has 176 valence electrons. The van der Waals surface area contributed by atoms with Crippen LogP contribution in [0.15, 0.2) is 29.2 Å². The topological polar surface area (TPSA) is 134 Å². The highest BCUT2D eigenvalue weighted by Gasteiger charge is 2.43. The average Bonchev–Trinajstić information content (AvgIpc) is 3.15. The third-order valence-electron chi connectivity index (χ3n) is 5.17. The Morgan fingerprint density at radius 1 is 1.22 bits per heavy atom. The molecule has 2 rings (SSSR count). The number of amides is 5. The van der Waals surface area contributed by atoms with Crippen LogP contribution in [0.2, 0.25) is 0 Å². The van der Waals surface area contributed by atoms with Crippen molar-refractivity contribution in [1.29, 1.82) is 0 Å². The van der Waals surface area contributed by atoms with E-state index in [2.05, 4.69) is 16.0 Å². The average molecular weight is 482 g/mol. The Labute approximate surface area is 197 Å². The van der Waals surface area contributed by atoms with Crippen LogP contribution in [0, 0.1) is 5.92 Å². The van der Waals surface area contributed by atoms with Gasteiger partial charge in [0.25, 0.3) is 0 Å². The summed E-state index contributed by atoms with van der Waals surface area (Å²) in [5, 5.41) is 8.26. The Kier molecular flexibility index (Phi) is 9.70. The van der Waals surface area contributed by atoms with Crippen molar-refractivity contribution in [2.75, 3.05) is 30.1 Å². The minimum absolute atomic E-state index is 0.199. The van der Waals surface area contributed by atoms with Gasteiger partial charge in [-0.05, 0) is 43.0 Å². The van der Waals surface area contributed by atoms with Gasteiger partial charge in [-0.1, -0.05) is 19.9 Å². The highest BCUT2D eigenvalue weighted by molar-refractivity contribution is 7.99. The van der Waals surface area contributed by atoms with E-state index in [1.165, 1.54) is 16.7 Å². The SMILES string of the molecule is CSCC(=O)N1CCC(NC(=O)Nc2cccc(SC)c2)C1C(=O)NC(C(N)=O)C(C)C. The number of nitrogens with one attached hydrogen (secondary N) is 3. The first-order chi connectivity index (χ1) is 15.2. The van der Waals surface area contributed by atoms with Crippen LogP contribution in [-0.2, 0) is 14.4 Å². The molecule has 11 heteroatoms. The van der Waals surface area contributed by atoms with Crippen molar-refractivity contribution in [2.24, 2.45) is 11.7 Å². The number of hydrogen-bond acceptors (Lipinski definition) is 6. The number of hydrogen-bond donors (Lipinski definition) is 4. The minimum Gasteiger partial charge on any atom is -0.368 e. The Morgan fingerprint density at radius 3 is 2.53 bits per heavy atom. The van der Waals surface area contributed by atoms with E-state index < -0.39 is 36.0 Å². The molecule has 0 radical (unpaired) electrons. The number of nitrogens with two attached hydrogens (primary N) is 1. The van der Waals surface area contributed by atoms with E-state index in [0.717, 1.165) is 4.90 Å². The maximum absolute atomic E-state index is 13.1. The lowest BCUT2D eigenvalue weighted by Gasteiger charge is -2.30. The molecule has 1 heterocycles. The second-order valence-electron chi connectivity index (χ2n) is 7.82. The highest BCUT2D eigenvalue weighted by Crippen LogP contribution is 2.22. The maximum atomic E-state index is 13.1. The van der Waals surface area contributed by atoms with Gasteiger partial charge in [0.2, 0.25) is 17.7 Å². The summed E-state index contributed by atoms with van der Waals surface area (Å²) in [6.07, 6.45) is 4.16. The molecule has 0 aromatic heterocycles. The van der Waals surface area contributed by atoms with Crippen LogP contribution in [0.3, 0.4) is 0 Å². The number of benzene rings is 1. The van der Waals surface area contributed by atoms with Crippen molar-refractivity contribution in [3.63, 3.8) is 0 Å². The predicted octanol–water partition coefficient (Wildman–Crippen LogP) is 1.49. The summed E-state index contributed by atoms with van der Waals surface area (Å²) < 4.78 is 0. The van der Waals surface area contributed by atoms with Crippen molar-refractivity contribution >= 4 is 53.0 Å². The summed E-state index contributed by atoms with van der Waals surface area (Å²) in [5.41, 5.74) is 6.06. The fourth-order valence-electron chi connectivity index (χ4n) is 3.60. The number of primary amides is 1. The van der Waals surface area contributed by atoms with Gasteiger partial charge >= 0.3 is 6.03 Å². The van der Waals surface area contributed by atoms with Crippen LogP contribution in [0.4, 0.5) is 10.5 Å². The van der Waals surface area contributed by atoms with Gasteiger partial charge in [0.05, 0.1) is 11.8 Å². The molecule has 1 aromatic carbocycles. The van der Waals surface area contributed by atoms with E-state index in [1.807, 2.05) is 24.5 Å². The zero-order valence-corrected chi connectivity index (χ0v) is 20.3. The van der Waals surface area contributed by atoms with Crippen LogP contribution in [0.5, 0.6) is 0 Å². The lowest BCUT2D eigenvalue weighted by Crippen LogP contribution is -2.59.